The quantitative estimate of drug-likeness (QED) is 0.275. The third kappa shape index (κ3) is 3.89. The van der Waals surface area contributed by atoms with E-state index >= 15 is 0 Å². The normalized spacial score (nSPS) is 16.3. The average molecular weight is 485 g/mol. The molecule has 0 bridgehead atoms. The number of thiazole rings is 1. The van der Waals surface area contributed by atoms with E-state index < -0.39 is 16.9 Å². The molecule has 0 fully saturated rings. The van der Waals surface area contributed by atoms with Crippen LogP contribution in [0.5, 0.6) is 0 Å². The van der Waals surface area contributed by atoms with Crippen molar-refractivity contribution in [3.63, 3.8) is 0 Å². The fourth-order valence-corrected chi connectivity index (χ4v) is 3.82. The molecular weight excluding hydrogens is 472 g/mol. The van der Waals surface area contributed by atoms with Crippen LogP contribution in [0.4, 0.5) is 16.5 Å². The van der Waals surface area contributed by atoms with Gasteiger partial charge in [-0.2, -0.15) is 15.2 Å². The number of carbonyl (C=O) groups excluding carboxylic acids is 1. The van der Waals surface area contributed by atoms with Crippen LogP contribution in [0.25, 0.3) is 11.3 Å². The van der Waals surface area contributed by atoms with Gasteiger partial charge in [-0.05, 0) is 25.1 Å². The molecule has 0 aliphatic carbocycles. The van der Waals surface area contributed by atoms with Gasteiger partial charge in [-0.25, -0.2) is 4.98 Å². The van der Waals surface area contributed by atoms with E-state index in [0.29, 0.717) is 10.8 Å². The number of rotatable bonds is 5. The van der Waals surface area contributed by atoms with Crippen molar-refractivity contribution in [3.8, 4) is 11.3 Å². The summed E-state index contributed by atoms with van der Waals surface area (Å²) in [5.41, 5.74) is 1.97. The zero-order valence-electron chi connectivity index (χ0n) is 15.5. The first-order valence-electron chi connectivity index (χ1n) is 8.69. The number of nitrogens with zero attached hydrogens (tertiary/aromatic N) is 6. The van der Waals surface area contributed by atoms with Crippen molar-refractivity contribution in [2.75, 3.05) is 5.01 Å². The van der Waals surface area contributed by atoms with Crippen LogP contribution in [-0.4, -0.2) is 27.6 Å². The lowest BCUT2D eigenvalue weighted by Gasteiger charge is -2.08. The summed E-state index contributed by atoms with van der Waals surface area (Å²) >= 11 is 4.68. The highest BCUT2D eigenvalue weighted by Gasteiger charge is 2.36. The Morgan fingerprint density at radius 2 is 1.93 bits per heavy atom. The number of anilines is 1. The third-order valence-corrected chi connectivity index (χ3v) is 5.61. The number of aromatic nitrogens is 1. The van der Waals surface area contributed by atoms with E-state index in [9.17, 15) is 14.9 Å². The standard InChI is InChI=1S/C19H13BrN6O3S/c1-11-17(23-22-14-4-2-3-5-16(14)26(28)29)18(27)25(24-11)19-21-15(10-30-19)12-6-8-13(20)9-7-12/h2-10,17H,1H3/t17-/m1/s1. The van der Waals surface area contributed by atoms with Gasteiger partial charge in [0.2, 0.25) is 5.13 Å². The third-order valence-electron chi connectivity index (χ3n) is 4.27. The lowest BCUT2D eigenvalue weighted by atomic mass is 10.2. The fourth-order valence-electron chi connectivity index (χ4n) is 2.76. The van der Waals surface area contributed by atoms with Gasteiger partial charge in [-0.3, -0.25) is 14.9 Å². The average Bonchev–Trinajstić information content (AvgIpc) is 3.32. The van der Waals surface area contributed by atoms with Crippen LogP contribution in [0.2, 0.25) is 0 Å². The first-order chi connectivity index (χ1) is 14.4. The van der Waals surface area contributed by atoms with Gasteiger partial charge < -0.3 is 0 Å². The minimum atomic E-state index is -0.954. The number of nitro groups is 1. The van der Waals surface area contributed by atoms with Crippen LogP contribution >= 0.6 is 27.3 Å². The van der Waals surface area contributed by atoms with Gasteiger partial charge in [0.15, 0.2) is 11.7 Å². The molecule has 30 heavy (non-hydrogen) atoms. The molecule has 11 heteroatoms. The van der Waals surface area contributed by atoms with E-state index in [1.54, 1.807) is 13.0 Å². The zero-order chi connectivity index (χ0) is 21.3. The van der Waals surface area contributed by atoms with Crippen molar-refractivity contribution in [3.05, 3.63) is 68.5 Å². The Kier molecular flexibility index (Phi) is 5.46. The number of benzene rings is 2. The van der Waals surface area contributed by atoms with E-state index in [2.05, 4.69) is 36.2 Å². The van der Waals surface area contributed by atoms with Crippen molar-refractivity contribution >= 4 is 55.4 Å². The number of carbonyl (C=O) groups is 1. The van der Waals surface area contributed by atoms with Gasteiger partial charge in [0, 0.05) is 21.5 Å². The Morgan fingerprint density at radius 1 is 1.20 bits per heavy atom. The largest absolute Gasteiger partial charge is 0.296 e. The highest BCUT2D eigenvalue weighted by atomic mass is 79.9. The molecule has 1 aliphatic heterocycles. The van der Waals surface area contributed by atoms with Crippen LogP contribution in [0.3, 0.4) is 0 Å². The number of azo groups is 1. The Hall–Kier alpha value is -3.31. The maximum atomic E-state index is 12.8. The first-order valence-corrected chi connectivity index (χ1v) is 10.4. The second-order valence-electron chi connectivity index (χ2n) is 6.28. The van der Waals surface area contributed by atoms with Crippen molar-refractivity contribution in [2.24, 2.45) is 15.3 Å². The van der Waals surface area contributed by atoms with Crippen LogP contribution in [0.1, 0.15) is 6.92 Å². The number of nitro benzene ring substituents is 1. The predicted molar refractivity (Wildman–Crippen MR) is 117 cm³/mol. The number of hydrogen-bond donors (Lipinski definition) is 0. The van der Waals surface area contributed by atoms with Crippen LogP contribution in [-0.2, 0) is 4.79 Å². The molecule has 1 aromatic heterocycles. The van der Waals surface area contributed by atoms with Crippen molar-refractivity contribution in [1.29, 1.82) is 0 Å². The second-order valence-corrected chi connectivity index (χ2v) is 8.03. The van der Waals surface area contributed by atoms with E-state index in [1.807, 2.05) is 29.6 Å². The van der Waals surface area contributed by atoms with Crippen LogP contribution < -0.4 is 5.01 Å². The number of halogens is 1. The highest BCUT2D eigenvalue weighted by Crippen LogP contribution is 2.32. The van der Waals surface area contributed by atoms with E-state index in [0.717, 1.165) is 15.7 Å². The summed E-state index contributed by atoms with van der Waals surface area (Å²) in [5.74, 6) is -0.411. The molecule has 1 amide bonds. The summed E-state index contributed by atoms with van der Waals surface area (Å²) in [6.07, 6.45) is 0. The monoisotopic (exact) mass is 484 g/mol. The molecule has 4 rings (SSSR count). The zero-order valence-corrected chi connectivity index (χ0v) is 17.9. The van der Waals surface area contributed by atoms with Crippen molar-refractivity contribution < 1.29 is 9.72 Å². The van der Waals surface area contributed by atoms with Gasteiger partial charge >= 0.3 is 0 Å². The lowest BCUT2D eigenvalue weighted by molar-refractivity contribution is -0.384. The molecule has 9 nitrogen and oxygen atoms in total. The Morgan fingerprint density at radius 3 is 2.67 bits per heavy atom. The van der Waals surface area contributed by atoms with Gasteiger partial charge in [-0.1, -0.05) is 40.2 Å². The first kappa shape index (κ1) is 20.0. The lowest BCUT2D eigenvalue weighted by Crippen LogP contribution is -2.29. The van der Waals surface area contributed by atoms with Gasteiger partial charge in [0.1, 0.15) is 0 Å². The maximum absolute atomic E-state index is 12.8. The minimum absolute atomic E-state index is 0.0772. The molecule has 0 radical (unpaired) electrons. The summed E-state index contributed by atoms with van der Waals surface area (Å²) in [6, 6.07) is 12.7. The predicted octanol–water partition coefficient (Wildman–Crippen LogP) is 5.36. The Bertz CT molecular complexity index is 1190. The molecule has 0 spiro atoms. The summed E-state index contributed by atoms with van der Waals surface area (Å²) in [5, 5.41) is 26.8. The van der Waals surface area contributed by atoms with E-state index in [-0.39, 0.29) is 11.4 Å². The fraction of sp³-hybridized carbons (Fsp3) is 0.105. The molecule has 150 valence electrons. The SMILES string of the molecule is CC1=NN(c2nc(-c3ccc(Br)cc3)cs2)C(=O)[C@@H]1N=Nc1ccccc1[N+](=O)[O-]. The molecule has 3 aromatic rings. The highest BCUT2D eigenvalue weighted by molar-refractivity contribution is 9.10. The summed E-state index contributed by atoms with van der Waals surface area (Å²) in [7, 11) is 0. The molecule has 2 heterocycles. The number of para-hydroxylation sites is 1. The Labute approximate surface area is 183 Å². The number of amides is 1. The maximum Gasteiger partial charge on any atom is 0.296 e. The van der Waals surface area contributed by atoms with Crippen molar-refractivity contribution in [1.82, 2.24) is 4.98 Å². The second kappa shape index (κ2) is 8.20. The van der Waals surface area contributed by atoms with E-state index in [4.69, 9.17) is 0 Å². The molecule has 2 aromatic carbocycles. The van der Waals surface area contributed by atoms with Crippen LogP contribution in [0, 0.1) is 10.1 Å². The molecule has 0 saturated carbocycles. The molecule has 0 N–H and O–H groups in total. The molecule has 0 unspecified atom stereocenters. The van der Waals surface area contributed by atoms with Crippen molar-refractivity contribution in [2.45, 2.75) is 13.0 Å². The summed E-state index contributed by atoms with van der Waals surface area (Å²) < 4.78 is 0.962. The molecular formula is C19H13BrN6O3S. The summed E-state index contributed by atoms with van der Waals surface area (Å²) in [4.78, 5) is 27.9. The molecule has 1 aliphatic rings. The van der Waals surface area contributed by atoms with Gasteiger partial charge in [0.05, 0.1) is 16.3 Å². The van der Waals surface area contributed by atoms with E-state index in [1.165, 1.54) is 34.5 Å². The Balaban J connectivity index is 1.56. The topological polar surface area (TPSA) is 113 Å². The summed E-state index contributed by atoms with van der Waals surface area (Å²) in [6.45, 7) is 1.66. The molecule has 0 saturated heterocycles. The smallest absolute Gasteiger partial charge is 0.269 e. The van der Waals surface area contributed by atoms with Crippen LogP contribution in [0.15, 0.2) is 73.7 Å². The van der Waals surface area contributed by atoms with Gasteiger partial charge in [0.25, 0.3) is 11.6 Å². The minimum Gasteiger partial charge on any atom is -0.269 e. The molecule has 1 atom stereocenters. The number of hydrogen-bond acceptors (Lipinski definition) is 8. The van der Waals surface area contributed by atoms with Gasteiger partial charge in [-0.15, -0.1) is 16.5 Å². The number of hydrazone groups is 1.